The number of nitrogens with one attached hydrogen (secondary N) is 3. The van der Waals surface area contributed by atoms with Crippen LogP contribution in [0, 0.1) is 0 Å². The highest BCUT2D eigenvalue weighted by Gasteiger charge is 2.46. The highest BCUT2D eigenvalue weighted by Crippen LogP contribution is 2.58. The molecule has 0 radical (unpaired) electrons. The SMILES string of the molecule is c1ccc(C2NC(c3ccccc3)NC(c3ccc4c(c3)oc3ccc(-c5cccc6c5-c5ccccc5C6(c5ccccc5)c5ccccc5)cc34)N2)cc1. The van der Waals surface area contributed by atoms with Gasteiger partial charge in [0.15, 0.2) is 0 Å². The van der Waals surface area contributed by atoms with Crippen LogP contribution < -0.4 is 16.0 Å². The summed E-state index contributed by atoms with van der Waals surface area (Å²) in [5.41, 5.74) is 14.9. The van der Waals surface area contributed by atoms with Gasteiger partial charge in [0.2, 0.25) is 0 Å². The minimum absolute atomic E-state index is 0.0400. The molecule has 1 saturated heterocycles. The van der Waals surface area contributed by atoms with Crippen LogP contribution in [0.25, 0.3) is 44.2 Å². The van der Waals surface area contributed by atoms with Crippen LogP contribution in [0.15, 0.2) is 205 Å². The lowest BCUT2D eigenvalue weighted by molar-refractivity contribution is 0.203. The van der Waals surface area contributed by atoms with E-state index >= 15 is 0 Å². The minimum Gasteiger partial charge on any atom is -0.456 e. The van der Waals surface area contributed by atoms with Crippen molar-refractivity contribution in [3.05, 3.63) is 239 Å². The fourth-order valence-corrected chi connectivity index (χ4v) is 9.39. The second-order valence-electron chi connectivity index (χ2n) is 14.9. The van der Waals surface area contributed by atoms with Gasteiger partial charge in [-0.2, -0.15) is 0 Å². The number of fused-ring (bicyclic) bond motifs is 6. The van der Waals surface area contributed by atoms with Gasteiger partial charge in [-0.05, 0) is 79.4 Å². The normalized spacial score (nSPS) is 18.5. The van der Waals surface area contributed by atoms with Crippen molar-refractivity contribution in [3.63, 3.8) is 0 Å². The molecule has 3 N–H and O–H groups in total. The third kappa shape index (κ3) is 5.19. The van der Waals surface area contributed by atoms with Crippen LogP contribution in [0.1, 0.15) is 57.4 Å². The maximum atomic E-state index is 6.62. The van der Waals surface area contributed by atoms with E-state index in [-0.39, 0.29) is 18.5 Å². The minimum atomic E-state index is -0.441. The summed E-state index contributed by atoms with van der Waals surface area (Å²) < 4.78 is 6.62. The third-order valence-corrected chi connectivity index (χ3v) is 11.9. The summed E-state index contributed by atoms with van der Waals surface area (Å²) in [6, 6.07) is 72.3. The Morgan fingerprint density at radius 2 is 0.911 bits per heavy atom. The summed E-state index contributed by atoms with van der Waals surface area (Å²) in [4.78, 5) is 0. The van der Waals surface area contributed by atoms with Crippen LogP contribution in [0.2, 0.25) is 0 Å². The Bertz CT molecular complexity index is 2760. The molecule has 1 aromatic heterocycles. The van der Waals surface area contributed by atoms with Crippen LogP contribution in [-0.2, 0) is 5.41 Å². The van der Waals surface area contributed by atoms with Crippen LogP contribution in [0.5, 0.6) is 0 Å². The Hall–Kier alpha value is -6.56. The Labute approximate surface area is 326 Å². The molecule has 2 aliphatic rings. The standard InChI is InChI=1S/C52H39N3O/c1-5-16-34(17-6-1)49-53-50(35-18-7-2-8-19-35)55-51(54-49)37-28-30-41-43-32-36(29-31-46(43)56-47(41)33-37)40-25-15-27-45-48(40)42-24-13-14-26-44(42)52(45,38-20-9-3-10-21-38)39-22-11-4-12-23-39/h1-33,49-51,53-55H. The number of hydrogen-bond donors (Lipinski definition) is 3. The molecular weight excluding hydrogens is 683 g/mol. The van der Waals surface area contributed by atoms with Crippen molar-refractivity contribution in [2.45, 2.75) is 23.9 Å². The van der Waals surface area contributed by atoms with Gasteiger partial charge in [-0.3, -0.25) is 16.0 Å². The number of furan rings is 1. The molecule has 2 heterocycles. The Kier molecular flexibility index (Phi) is 7.81. The molecule has 0 bridgehead atoms. The summed E-state index contributed by atoms with van der Waals surface area (Å²) in [6.45, 7) is 0. The Morgan fingerprint density at radius 3 is 1.55 bits per heavy atom. The van der Waals surface area contributed by atoms with Crippen molar-refractivity contribution in [2.24, 2.45) is 0 Å². The van der Waals surface area contributed by atoms with E-state index in [1.807, 2.05) is 0 Å². The quantitative estimate of drug-likeness (QED) is 0.160. The second-order valence-corrected chi connectivity index (χ2v) is 14.9. The lowest BCUT2D eigenvalue weighted by Crippen LogP contribution is -2.54. The number of hydrogen-bond acceptors (Lipinski definition) is 4. The molecule has 4 heteroatoms. The van der Waals surface area contributed by atoms with Gasteiger partial charge in [0.1, 0.15) is 11.2 Å². The summed E-state index contributed by atoms with van der Waals surface area (Å²) in [5, 5.41) is 13.6. The zero-order chi connectivity index (χ0) is 37.1. The van der Waals surface area contributed by atoms with Crippen molar-refractivity contribution >= 4 is 21.9 Å². The average Bonchev–Trinajstić information content (AvgIpc) is 3.80. The molecule has 268 valence electrons. The first kappa shape index (κ1) is 32.8. The van der Waals surface area contributed by atoms with Crippen molar-refractivity contribution < 1.29 is 4.42 Å². The molecule has 9 aromatic rings. The molecule has 2 unspecified atom stereocenters. The number of benzene rings is 8. The van der Waals surface area contributed by atoms with Gasteiger partial charge in [-0.15, -0.1) is 0 Å². The highest BCUT2D eigenvalue weighted by atomic mass is 16.3. The molecule has 1 fully saturated rings. The van der Waals surface area contributed by atoms with Gasteiger partial charge >= 0.3 is 0 Å². The fourth-order valence-electron chi connectivity index (χ4n) is 9.39. The maximum absolute atomic E-state index is 6.62. The predicted octanol–water partition coefficient (Wildman–Crippen LogP) is 11.8. The van der Waals surface area contributed by atoms with Crippen molar-refractivity contribution in [1.29, 1.82) is 0 Å². The molecule has 1 aliphatic carbocycles. The highest BCUT2D eigenvalue weighted by molar-refractivity contribution is 6.07. The largest absolute Gasteiger partial charge is 0.456 e. The molecule has 11 rings (SSSR count). The van der Waals surface area contributed by atoms with Gasteiger partial charge in [0, 0.05) is 10.8 Å². The monoisotopic (exact) mass is 721 g/mol. The lowest BCUT2D eigenvalue weighted by atomic mass is 9.67. The van der Waals surface area contributed by atoms with Crippen molar-refractivity contribution in [3.8, 4) is 22.3 Å². The van der Waals surface area contributed by atoms with Crippen LogP contribution in [0.4, 0.5) is 0 Å². The van der Waals surface area contributed by atoms with Crippen LogP contribution in [0.3, 0.4) is 0 Å². The fraction of sp³-hybridized carbons (Fsp3) is 0.0769. The smallest absolute Gasteiger partial charge is 0.135 e. The van der Waals surface area contributed by atoms with E-state index in [1.54, 1.807) is 0 Å². The molecule has 0 amide bonds. The van der Waals surface area contributed by atoms with Crippen molar-refractivity contribution in [2.75, 3.05) is 0 Å². The first-order valence-electron chi connectivity index (χ1n) is 19.4. The summed E-state index contributed by atoms with van der Waals surface area (Å²) in [7, 11) is 0. The average molecular weight is 722 g/mol. The number of rotatable bonds is 6. The van der Waals surface area contributed by atoms with E-state index in [4.69, 9.17) is 4.42 Å². The van der Waals surface area contributed by atoms with Crippen LogP contribution >= 0.6 is 0 Å². The second kappa shape index (κ2) is 13.3. The van der Waals surface area contributed by atoms with Crippen molar-refractivity contribution in [1.82, 2.24) is 16.0 Å². The zero-order valence-corrected chi connectivity index (χ0v) is 30.7. The Balaban J connectivity index is 1.02. The molecule has 8 aromatic carbocycles. The Morgan fingerprint density at radius 1 is 0.375 bits per heavy atom. The van der Waals surface area contributed by atoms with Gasteiger partial charge in [0.05, 0.1) is 23.9 Å². The van der Waals surface area contributed by atoms with Gasteiger partial charge in [-0.25, -0.2) is 0 Å². The van der Waals surface area contributed by atoms with Crippen LogP contribution in [-0.4, -0.2) is 0 Å². The molecule has 4 nitrogen and oxygen atoms in total. The van der Waals surface area contributed by atoms with Gasteiger partial charge < -0.3 is 4.42 Å². The van der Waals surface area contributed by atoms with E-state index in [0.717, 1.165) is 27.5 Å². The molecule has 56 heavy (non-hydrogen) atoms. The molecule has 0 saturated carbocycles. The topological polar surface area (TPSA) is 49.2 Å². The lowest BCUT2D eigenvalue weighted by Gasteiger charge is -2.39. The molecule has 0 spiro atoms. The van der Waals surface area contributed by atoms with E-state index in [1.165, 1.54) is 55.6 Å². The van der Waals surface area contributed by atoms with E-state index in [0.29, 0.717) is 0 Å². The molecular formula is C52H39N3O. The molecule has 1 aliphatic heterocycles. The summed E-state index contributed by atoms with van der Waals surface area (Å²) in [5.74, 6) is 0. The zero-order valence-electron chi connectivity index (χ0n) is 30.7. The maximum Gasteiger partial charge on any atom is 0.135 e. The first-order chi connectivity index (χ1) is 27.8. The molecule has 2 atom stereocenters. The van der Waals surface area contributed by atoms with E-state index in [2.05, 4.69) is 216 Å². The van der Waals surface area contributed by atoms with Gasteiger partial charge in [0.25, 0.3) is 0 Å². The van der Waals surface area contributed by atoms with E-state index in [9.17, 15) is 0 Å². The van der Waals surface area contributed by atoms with E-state index < -0.39 is 5.41 Å². The third-order valence-electron chi connectivity index (χ3n) is 11.9. The first-order valence-corrected chi connectivity index (χ1v) is 19.4. The van der Waals surface area contributed by atoms with Gasteiger partial charge in [-0.1, -0.05) is 182 Å². The summed E-state index contributed by atoms with van der Waals surface area (Å²) in [6.07, 6.45) is -0.190. The predicted molar refractivity (Wildman–Crippen MR) is 227 cm³/mol. The summed E-state index contributed by atoms with van der Waals surface area (Å²) >= 11 is 0.